The predicted molar refractivity (Wildman–Crippen MR) is 120 cm³/mol. The van der Waals surface area contributed by atoms with E-state index in [9.17, 15) is 19.8 Å². The molecule has 1 aliphatic heterocycles. The molecular weight excluding hydrogens is 414 g/mol. The highest BCUT2D eigenvalue weighted by molar-refractivity contribution is 6.51. The number of rotatable bonds is 3. The average Bonchev–Trinajstić information content (AvgIpc) is 3.00. The Morgan fingerprint density at radius 3 is 2.35 bits per heavy atom. The molecule has 2 N–H and O–H groups in total. The number of carbonyl (C=O) groups is 2. The number of nitrogens with zero attached hydrogens (tertiary/aromatic N) is 1. The molecule has 0 aromatic heterocycles. The van der Waals surface area contributed by atoms with Gasteiger partial charge in [-0.2, -0.15) is 0 Å². The van der Waals surface area contributed by atoms with E-state index in [2.05, 4.69) is 0 Å². The molecular formula is C25H20ClNO4. The van der Waals surface area contributed by atoms with Crippen LogP contribution in [0.4, 0.5) is 5.69 Å². The molecule has 0 bridgehead atoms. The maximum Gasteiger partial charge on any atom is 0.300 e. The number of hydrogen-bond acceptors (Lipinski definition) is 4. The molecule has 0 spiro atoms. The lowest BCUT2D eigenvalue weighted by Crippen LogP contribution is -2.29. The number of aromatic hydroxyl groups is 1. The molecule has 1 atom stereocenters. The van der Waals surface area contributed by atoms with E-state index < -0.39 is 17.7 Å². The summed E-state index contributed by atoms with van der Waals surface area (Å²) in [4.78, 5) is 27.6. The Morgan fingerprint density at radius 1 is 0.935 bits per heavy atom. The molecule has 3 aromatic carbocycles. The summed E-state index contributed by atoms with van der Waals surface area (Å²) in [5.74, 6) is -1.88. The first-order chi connectivity index (χ1) is 14.8. The van der Waals surface area contributed by atoms with Gasteiger partial charge < -0.3 is 10.2 Å². The zero-order valence-corrected chi connectivity index (χ0v) is 17.7. The minimum Gasteiger partial charge on any atom is -0.508 e. The second-order valence-corrected chi connectivity index (χ2v) is 7.98. The van der Waals surface area contributed by atoms with Gasteiger partial charge in [0.2, 0.25) is 0 Å². The Bertz CT molecular complexity index is 1250. The first-order valence-electron chi connectivity index (χ1n) is 9.71. The molecule has 31 heavy (non-hydrogen) atoms. The van der Waals surface area contributed by atoms with E-state index in [0.29, 0.717) is 21.8 Å². The van der Waals surface area contributed by atoms with Crippen LogP contribution >= 0.6 is 11.6 Å². The molecule has 0 saturated carbocycles. The Hall–Kier alpha value is -3.57. The molecule has 0 aliphatic carbocycles. The molecule has 0 radical (unpaired) electrons. The number of halogens is 1. The maximum absolute atomic E-state index is 13.1. The third kappa shape index (κ3) is 3.68. The van der Waals surface area contributed by atoms with Crippen LogP contribution in [0.3, 0.4) is 0 Å². The Kier molecular flexibility index (Phi) is 5.29. The van der Waals surface area contributed by atoms with Crippen molar-refractivity contribution in [1.82, 2.24) is 0 Å². The second-order valence-electron chi connectivity index (χ2n) is 7.54. The van der Waals surface area contributed by atoms with Crippen molar-refractivity contribution >= 4 is 34.7 Å². The van der Waals surface area contributed by atoms with Gasteiger partial charge in [-0.1, -0.05) is 41.9 Å². The molecule has 1 saturated heterocycles. The fourth-order valence-corrected chi connectivity index (χ4v) is 3.97. The van der Waals surface area contributed by atoms with Crippen LogP contribution in [0.25, 0.3) is 5.76 Å². The van der Waals surface area contributed by atoms with Gasteiger partial charge in [0, 0.05) is 16.3 Å². The quantitative estimate of drug-likeness (QED) is 0.334. The number of aliphatic hydroxyl groups is 1. The van der Waals surface area contributed by atoms with Crippen molar-refractivity contribution in [3.05, 3.63) is 99.6 Å². The van der Waals surface area contributed by atoms with Crippen molar-refractivity contribution in [3.8, 4) is 5.75 Å². The van der Waals surface area contributed by atoms with Crippen LogP contribution in [0.15, 0.2) is 72.3 Å². The van der Waals surface area contributed by atoms with E-state index in [1.54, 1.807) is 36.4 Å². The summed E-state index contributed by atoms with van der Waals surface area (Å²) in [5.41, 5.74) is 3.31. The van der Waals surface area contributed by atoms with E-state index >= 15 is 0 Å². The largest absolute Gasteiger partial charge is 0.508 e. The number of Topliss-reactive ketones (excluding diaryl/α,β-unsaturated/α-hetero) is 1. The molecule has 1 unspecified atom stereocenters. The Labute approximate surface area is 184 Å². The molecule has 4 rings (SSSR count). The first kappa shape index (κ1) is 20.7. The van der Waals surface area contributed by atoms with Crippen LogP contribution in [0.2, 0.25) is 5.02 Å². The van der Waals surface area contributed by atoms with E-state index in [-0.39, 0.29) is 17.1 Å². The Balaban J connectivity index is 1.97. The van der Waals surface area contributed by atoms with Crippen molar-refractivity contribution in [2.75, 3.05) is 4.90 Å². The molecule has 5 nitrogen and oxygen atoms in total. The number of aliphatic hydroxyl groups excluding tert-OH is 1. The summed E-state index contributed by atoms with van der Waals surface area (Å²) in [6.45, 7) is 3.88. The van der Waals surface area contributed by atoms with Gasteiger partial charge in [0.25, 0.3) is 11.7 Å². The van der Waals surface area contributed by atoms with Crippen LogP contribution in [-0.2, 0) is 9.59 Å². The zero-order valence-electron chi connectivity index (χ0n) is 17.0. The predicted octanol–water partition coefficient (Wildman–Crippen LogP) is 5.29. The van der Waals surface area contributed by atoms with Gasteiger partial charge in [0.15, 0.2) is 0 Å². The summed E-state index contributed by atoms with van der Waals surface area (Å²) in [6, 6.07) is 17.3. The number of phenolic OH excluding ortho intramolecular Hbond substituents is 1. The highest BCUT2D eigenvalue weighted by Crippen LogP contribution is 2.43. The van der Waals surface area contributed by atoms with E-state index in [4.69, 9.17) is 11.6 Å². The molecule has 1 fully saturated rings. The summed E-state index contributed by atoms with van der Waals surface area (Å²) in [7, 11) is 0. The van der Waals surface area contributed by atoms with E-state index in [1.165, 1.54) is 23.1 Å². The number of anilines is 1. The Morgan fingerprint density at radius 2 is 1.68 bits per heavy atom. The highest BCUT2D eigenvalue weighted by atomic mass is 35.5. The lowest BCUT2D eigenvalue weighted by atomic mass is 9.95. The summed E-state index contributed by atoms with van der Waals surface area (Å²) < 4.78 is 0. The monoisotopic (exact) mass is 433 g/mol. The lowest BCUT2D eigenvalue weighted by molar-refractivity contribution is -0.132. The minimum atomic E-state index is -0.909. The van der Waals surface area contributed by atoms with E-state index in [0.717, 1.165) is 11.1 Å². The summed E-state index contributed by atoms with van der Waals surface area (Å²) in [6.07, 6.45) is 0. The standard InChI is InChI=1S/C25H20ClNO4/c1-14-9-10-19(11-15(14)2)27-22(16-5-4-8-20(28)13-16)21(24(30)25(27)31)23(29)17-6-3-7-18(26)12-17/h3-13,22,28-29H,1-2H3/b23-21+. The molecule has 156 valence electrons. The van der Waals surface area contributed by atoms with Crippen LogP contribution < -0.4 is 4.90 Å². The van der Waals surface area contributed by atoms with Gasteiger partial charge in [-0.25, -0.2) is 0 Å². The number of phenols is 1. The van der Waals surface area contributed by atoms with Gasteiger partial charge in [-0.3, -0.25) is 14.5 Å². The fourth-order valence-electron chi connectivity index (χ4n) is 3.78. The van der Waals surface area contributed by atoms with E-state index in [1.807, 2.05) is 26.0 Å². The van der Waals surface area contributed by atoms with Crippen LogP contribution in [-0.4, -0.2) is 21.9 Å². The van der Waals surface area contributed by atoms with Gasteiger partial charge in [-0.15, -0.1) is 0 Å². The zero-order chi connectivity index (χ0) is 22.3. The number of amides is 1. The molecule has 1 amide bonds. The fraction of sp³-hybridized carbons (Fsp3) is 0.120. The highest BCUT2D eigenvalue weighted by Gasteiger charge is 2.47. The third-order valence-electron chi connectivity index (χ3n) is 5.50. The topological polar surface area (TPSA) is 77.8 Å². The molecule has 1 aliphatic rings. The van der Waals surface area contributed by atoms with Crippen molar-refractivity contribution < 1.29 is 19.8 Å². The van der Waals surface area contributed by atoms with Crippen molar-refractivity contribution in [1.29, 1.82) is 0 Å². The average molecular weight is 434 g/mol. The van der Waals surface area contributed by atoms with Crippen LogP contribution in [0.5, 0.6) is 5.75 Å². The number of benzene rings is 3. The second kappa shape index (κ2) is 7.93. The molecule has 3 aromatic rings. The lowest BCUT2D eigenvalue weighted by Gasteiger charge is -2.26. The van der Waals surface area contributed by atoms with Gasteiger partial charge in [0.05, 0.1) is 11.6 Å². The number of ketones is 1. The normalized spacial score (nSPS) is 17.9. The molecule has 6 heteroatoms. The SMILES string of the molecule is Cc1ccc(N2C(=O)C(=O)/C(=C(/O)c3cccc(Cl)c3)C2c2cccc(O)c2)cc1C. The minimum absolute atomic E-state index is 0.00840. The third-order valence-corrected chi connectivity index (χ3v) is 5.73. The van der Waals surface area contributed by atoms with Gasteiger partial charge >= 0.3 is 0 Å². The maximum atomic E-state index is 13.1. The van der Waals surface area contributed by atoms with Crippen molar-refractivity contribution in [2.24, 2.45) is 0 Å². The van der Waals surface area contributed by atoms with Gasteiger partial charge in [-0.05, 0) is 66.9 Å². The van der Waals surface area contributed by atoms with Crippen LogP contribution in [0, 0.1) is 13.8 Å². The van der Waals surface area contributed by atoms with Crippen LogP contribution in [0.1, 0.15) is 28.3 Å². The van der Waals surface area contributed by atoms with Crippen molar-refractivity contribution in [2.45, 2.75) is 19.9 Å². The number of carbonyl (C=O) groups excluding carboxylic acids is 2. The first-order valence-corrected chi connectivity index (χ1v) is 10.1. The molecule has 1 heterocycles. The van der Waals surface area contributed by atoms with Crippen molar-refractivity contribution in [3.63, 3.8) is 0 Å². The number of hydrogen-bond donors (Lipinski definition) is 2. The number of aryl methyl sites for hydroxylation is 2. The summed E-state index contributed by atoms with van der Waals surface area (Å²) in [5, 5.41) is 21.5. The summed E-state index contributed by atoms with van der Waals surface area (Å²) >= 11 is 6.06. The van der Waals surface area contributed by atoms with Gasteiger partial charge in [0.1, 0.15) is 11.5 Å². The smallest absolute Gasteiger partial charge is 0.300 e.